The van der Waals surface area contributed by atoms with Gasteiger partial charge in [-0.3, -0.25) is 4.79 Å². The third kappa shape index (κ3) is 3.83. The quantitative estimate of drug-likeness (QED) is 0.737. The normalized spacial score (nSPS) is 12.5. The van der Waals surface area contributed by atoms with Crippen molar-refractivity contribution in [2.45, 2.75) is 6.92 Å². The zero-order chi connectivity index (χ0) is 18.7. The monoisotopic (exact) mass is 441 g/mol. The van der Waals surface area contributed by atoms with Gasteiger partial charge in [0, 0.05) is 22.2 Å². The molecule has 1 amide bonds. The van der Waals surface area contributed by atoms with Crippen molar-refractivity contribution in [3.05, 3.63) is 39.3 Å². The molecular formula is C18H17BrClNO5. The highest BCUT2D eigenvalue weighted by Gasteiger charge is 2.19. The van der Waals surface area contributed by atoms with Gasteiger partial charge >= 0.3 is 0 Å². The average molecular weight is 443 g/mol. The van der Waals surface area contributed by atoms with E-state index in [0.717, 1.165) is 0 Å². The summed E-state index contributed by atoms with van der Waals surface area (Å²) >= 11 is 9.66. The first-order chi connectivity index (χ1) is 12.5. The Bertz CT molecular complexity index is 843. The lowest BCUT2D eigenvalue weighted by Gasteiger charge is -2.20. The number of carbonyl (C=O) groups is 1. The Labute approximate surface area is 164 Å². The molecule has 2 aromatic rings. The minimum atomic E-state index is -0.342. The van der Waals surface area contributed by atoms with E-state index >= 15 is 0 Å². The van der Waals surface area contributed by atoms with E-state index in [-0.39, 0.29) is 5.91 Å². The second kappa shape index (κ2) is 8.05. The molecule has 0 bridgehead atoms. The number of halogens is 2. The Morgan fingerprint density at radius 2 is 1.92 bits per heavy atom. The standard InChI is InChI=1S/C18H17BrClNO5/c1-3-24-17-12(20)6-10(7-16(17)23-2)18(22)21-13-9-15-14(8-11(13)19)25-4-5-26-15/h6-9H,3-5H2,1-2H3,(H,21,22). The zero-order valence-corrected chi connectivity index (χ0v) is 16.6. The summed E-state index contributed by atoms with van der Waals surface area (Å²) in [6, 6.07) is 6.59. The summed E-state index contributed by atoms with van der Waals surface area (Å²) in [5, 5.41) is 3.13. The molecule has 0 radical (unpaired) electrons. The highest BCUT2D eigenvalue weighted by molar-refractivity contribution is 9.10. The molecule has 0 atom stereocenters. The SMILES string of the molecule is CCOc1c(Cl)cc(C(=O)Nc2cc3c(cc2Br)OCCO3)cc1OC. The number of ether oxygens (including phenoxy) is 4. The van der Waals surface area contributed by atoms with Gasteiger partial charge in [0.25, 0.3) is 5.91 Å². The van der Waals surface area contributed by atoms with E-state index in [1.807, 2.05) is 6.92 Å². The largest absolute Gasteiger partial charge is 0.493 e. The number of hydrogen-bond donors (Lipinski definition) is 1. The van der Waals surface area contributed by atoms with Crippen LogP contribution in [0.4, 0.5) is 5.69 Å². The van der Waals surface area contributed by atoms with Gasteiger partial charge in [0.1, 0.15) is 13.2 Å². The molecule has 1 aliphatic rings. The first-order valence-corrected chi connectivity index (χ1v) is 9.11. The molecule has 1 aliphatic heterocycles. The lowest BCUT2D eigenvalue weighted by Crippen LogP contribution is -2.17. The van der Waals surface area contributed by atoms with Gasteiger partial charge in [-0.2, -0.15) is 0 Å². The summed E-state index contributed by atoms with van der Waals surface area (Å²) in [4.78, 5) is 12.7. The van der Waals surface area contributed by atoms with Crippen molar-refractivity contribution in [2.75, 3.05) is 32.2 Å². The molecule has 0 aliphatic carbocycles. The van der Waals surface area contributed by atoms with Crippen LogP contribution in [0.2, 0.25) is 5.02 Å². The molecule has 0 fully saturated rings. The van der Waals surface area contributed by atoms with Crippen LogP contribution in [0.5, 0.6) is 23.0 Å². The summed E-state index contributed by atoms with van der Waals surface area (Å²) < 4.78 is 22.5. The molecule has 1 N–H and O–H groups in total. The van der Waals surface area contributed by atoms with Crippen LogP contribution in [0.25, 0.3) is 0 Å². The lowest BCUT2D eigenvalue weighted by atomic mass is 10.1. The van der Waals surface area contributed by atoms with E-state index in [9.17, 15) is 4.79 Å². The Morgan fingerprint density at radius 3 is 2.58 bits per heavy atom. The number of amides is 1. The molecular weight excluding hydrogens is 426 g/mol. The van der Waals surface area contributed by atoms with Crippen molar-refractivity contribution in [1.82, 2.24) is 0 Å². The maximum atomic E-state index is 12.7. The van der Waals surface area contributed by atoms with Gasteiger partial charge in [0.05, 0.1) is 24.4 Å². The van der Waals surface area contributed by atoms with E-state index < -0.39 is 0 Å². The topological polar surface area (TPSA) is 66.0 Å². The van der Waals surface area contributed by atoms with Crippen LogP contribution < -0.4 is 24.3 Å². The fraction of sp³-hybridized carbons (Fsp3) is 0.278. The van der Waals surface area contributed by atoms with Crippen molar-refractivity contribution < 1.29 is 23.7 Å². The van der Waals surface area contributed by atoms with Crippen molar-refractivity contribution in [3.63, 3.8) is 0 Å². The van der Waals surface area contributed by atoms with Crippen LogP contribution in [0, 0.1) is 0 Å². The molecule has 6 nitrogen and oxygen atoms in total. The lowest BCUT2D eigenvalue weighted by molar-refractivity contribution is 0.102. The van der Waals surface area contributed by atoms with Gasteiger partial charge in [0.2, 0.25) is 0 Å². The zero-order valence-electron chi connectivity index (χ0n) is 14.2. The molecule has 0 saturated carbocycles. The summed E-state index contributed by atoms with van der Waals surface area (Å²) in [6.07, 6.45) is 0. The third-order valence-electron chi connectivity index (χ3n) is 3.66. The van der Waals surface area contributed by atoms with Crippen LogP contribution in [0.15, 0.2) is 28.7 Å². The van der Waals surface area contributed by atoms with E-state index in [1.165, 1.54) is 13.2 Å². The predicted octanol–water partition coefficient (Wildman–Crippen LogP) is 4.53. The number of anilines is 1. The smallest absolute Gasteiger partial charge is 0.255 e. The molecule has 0 aromatic heterocycles. The maximum Gasteiger partial charge on any atom is 0.255 e. The van der Waals surface area contributed by atoms with E-state index in [0.29, 0.717) is 63.6 Å². The third-order valence-corrected chi connectivity index (χ3v) is 4.60. The summed E-state index contributed by atoms with van der Waals surface area (Å²) in [6.45, 7) is 3.24. The van der Waals surface area contributed by atoms with Gasteiger partial charge in [-0.05, 0) is 35.0 Å². The Balaban J connectivity index is 1.87. The van der Waals surface area contributed by atoms with Crippen LogP contribution in [0.1, 0.15) is 17.3 Å². The fourth-order valence-electron chi connectivity index (χ4n) is 2.49. The minimum Gasteiger partial charge on any atom is -0.493 e. The van der Waals surface area contributed by atoms with Crippen LogP contribution >= 0.6 is 27.5 Å². The van der Waals surface area contributed by atoms with Crippen LogP contribution in [0.3, 0.4) is 0 Å². The molecule has 8 heteroatoms. The van der Waals surface area contributed by atoms with E-state index in [1.54, 1.807) is 18.2 Å². The number of carbonyl (C=O) groups excluding carboxylic acids is 1. The summed E-state index contributed by atoms with van der Waals surface area (Å²) in [5.41, 5.74) is 0.903. The van der Waals surface area contributed by atoms with Crippen molar-refractivity contribution in [2.24, 2.45) is 0 Å². The minimum absolute atomic E-state index is 0.303. The molecule has 26 heavy (non-hydrogen) atoms. The Hall–Kier alpha value is -2.12. The first-order valence-electron chi connectivity index (χ1n) is 7.94. The first kappa shape index (κ1) is 18.7. The number of methoxy groups -OCH3 is 1. The van der Waals surface area contributed by atoms with Gasteiger partial charge in [0.15, 0.2) is 23.0 Å². The number of hydrogen-bond acceptors (Lipinski definition) is 5. The van der Waals surface area contributed by atoms with Gasteiger partial charge in [-0.1, -0.05) is 11.6 Å². The summed E-state index contributed by atoms with van der Waals surface area (Å²) in [5.74, 6) is 1.68. The van der Waals surface area contributed by atoms with E-state index in [4.69, 9.17) is 30.5 Å². The highest BCUT2D eigenvalue weighted by atomic mass is 79.9. The highest BCUT2D eigenvalue weighted by Crippen LogP contribution is 2.39. The second-order valence-electron chi connectivity index (χ2n) is 5.35. The Kier molecular flexibility index (Phi) is 5.78. The molecule has 0 spiro atoms. The van der Waals surface area contributed by atoms with E-state index in [2.05, 4.69) is 21.2 Å². The molecule has 138 valence electrons. The molecule has 0 unspecified atom stereocenters. The molecule has 2 aromatic carbocycles. The molecule has 3 rings (SSSR count). The van der Waals surface area contributed by atoms with Gasteiger partial charge < -0.3 is 24.3 Å². The maximum absolute atomic E-state index is 12.7. The second-order valence-corrected chi connectivity index (χ2v) is 6.61. The number of rotatable bonds is 5. The van der Waals surface area contributed by atoms with Crippen molar-refractivity contribution in [1.29, 1.82) is 0 Å². The van der Waals surface area contributed by atoms with Gasteiger partial charge in [-0.15, -0.1) is 0 Å². The van der Waals surface area contributed by atoms with Gasteiger partial charge in [-0.25, -0.2) is 0 Å². The number of fused-ring (bicyclic) bond motifs is 1. The van der Waals surface area contributed by atoms with Crippen LogP contribution in [-0.4, -0.2) is 32.8 Å². The number of nitrogens with one attached hydrogen (secondary N) is 1. The predicted molar refractivity (Wildman–Crippen MR) is 102 cm³/mol. The average Bonchev–Trinajstić information content (AvgIpc) is 2.63. The fourth-order valence-corrected chi connectivity index (χ4v) is 3.18. The van der Waals surface area contributed by atoms with Crippen molar-refractivity contribution in [3.8, 4) is 23.0 Å². The molecule has 0 saturated heterocycles. The Morgan fingerprint density at radius 1 is 1.23 bits per heavy atom. The van der Waals surface area contributed by atoms with Crippen LogP contribution in [-0.2, 0) is 0 Å². The number of benzene rings is 2. The molecule has 1 heterocycles. The summed E-state index contributed by atoms with van der Waals surface area (Å²) in [7, 11) is 1.49. The van der Waals surface area contributed by atoms with Crippen molar-refractivity contribution >= 4 is 39.1 Å².